The number of sulfonamides is 1. The van der Waals surface area contributed by atoms with Gasteiger partial charge < -0.3 is 10.1 Å². The Labute approximate surface area is 98.0 Å². The van der Waals surface area contributed by atoms with Crippen molar-refractivity contribution in [1.29, 1.82) is 0 Å². The second-order valence-corrected chi connectivity index (χ2v) is 6.23. The lowest BCUT2D eigenvalue weighted by Crippen LogP contribution is -2.50. The van der Waals surface area contributed by atoms with E-state index in [-0.39, 0.29) is 11.8 Å². The lowest BCUT2D eigenvalue weighted by atomic mass is 9.96. The maximum absolute atomic E-state index is 11.7. The van der Waals surface area contributed by atoms with Gasteiger partial charge in [-0.25, -0.2) is 13.1 Å². The van der Waals surface area contributed by atoms with Crippen LogP contribution >= 0.6 is 0 Å². The molecule has 1 aliphatic rings. The first-order chi connectivity index (χ1) is 7.55. The van der Waals surface area contributed by atoms with Crippen LogP contribution < -0.4 is 10.0 Å². The topological polar surface area (TPSA) is 67.4 Å². The molecule has 1 fully saturated rings. The van der Waals surface area contributed by atoms with Crippen molar-refractivity contribution >= 4 is 10.0 Å². The Hall–Kier alpha value is -0.170. The number of methoxy groups -OCH3 is 1. The van der Waals surface area contributed by atoms with Gasteiger partial charge in [-0.05, 0) is 25.3 Å². The van der Waals surface area contributed by atoms with Gasteiger partial charge in [-0.1, -0.05) is 6.92 Å². The van der Waals surface area contributed by atoms with Gasteiger partial charge in [0.1, 0.15) is 0 Å². The van der Waals surface area contributed by atoms with Gasteiger partial charge in [0.2, 0.25) is 10.0 Å². The van der Waals surface area contributed by atoms with E-state index in [1.807, 2.05) is 0 Å². The summed E-state index contributed by atoms with van der Waals surface area (Å²) in [6, 6.07) is 0.0290. The fraction of sp³-hybridized carbons (Fsp3) is 1.00. The molecule has 0 aliphatic carbocycles. The lowest BCUT2D eigenvalue weighted by molar-refractivity contribution is 0.199. The summed E-state index contributed by atoms with van der Waals surface area (Å²) in [7, 11) is -1.58. The number of rotatable bonds is 6. The van der Waals surface area contributed by atoms with E-state index in [2.05, 4.69) is 17.0 Å². The first-order valence-electron chi connectivity index (χ1n) is 5.75. The molecule has 0 spiro atoms. The molecule has 0 bridgehead atoms. The van der Waals surface area contributed by atoms with Crippen LogP contribution in [0.5, 0.6) is 0 Å². The van der Waals surface area contributed by atoms with Crippen LogP contribution in [0.25, 0.3) is 0 Å². The molecule has 16 heavy (non-hydrogen) atoms. The zero-order valence-corrected chi connectivity index (χ0v) is 10.8. The van der Waals surface area contributed by atoms with Gasteiger partial charge in [-0.2, -0.15) is 0 Å². The summed E-state index contributed by atoms with van der Waals surface area (Å²) in [5.74, 6) is 0.544. The molecular weight excluding hydrogens is 228 g/mol. The molecule has 5 nitrogen and oxygen atoms in total. The smallest absolute Gasteiger partial charge is 0.211 e. The Morgan fingerprint density at radius 2 is 2.25 bits per heavy atom. The standard InChI is InChI=1S/C10H22N2O3S/c1-9-4-5-11-8-10(9)12-16(13,14)7-3-6-15-2/h9-12H,3-8H2,1-2H3. The number of hydrogen-bond donors (Lipinski definition) is 2. The predicted molar refractivity (Wildman–Crippen MR) is 63.9 cm³/mol. The maximum atomic E-state index is 11.7. The minimum atomic E-state index is -3.16. The molecule has 1 saturated heterocycles. The summed E-state index contributed by atoms with van der Waals surface area (Å²) in [5, 5.41) is 3.20. The predicted octanol–water partition coefficient (Wildman–Crippen LogP) is -0.0597. The minimum absolute atomic E-state index is 0.0290. The van der Waals surface area contributed by atoms with E-state index < -0.39 is 10.0 Å². The van der Waals surface area contributed by atoms with Crippen molar-refractivity contribution in [2.75, 3.05) is 32.6 Å². The Morgan fingerprint density at radius 1 is 1.50 bits per heavy atom. The number of ether oxygens (including phenoxy) is 1. The molecule has 2 atom stereocenters. The van der Waals surface area contributed by atoms with Gasteiger partial charge in [0.15, 0.2) is 0 Å². The second kappa shape index (κ2) is 6.54. The summed E-state index contributed by atoms with van der Waals surface area (Å²) in [6.45, 7) is 4.27. The third-order valence-electron chi connectivity index (χ3n) is 2.92. The van der Waals surface area contributed by atoms with Crippen molar-refractivity contribution in [3.05, 3.63) is 0 Å². The molecule has 0 aromatic heterocycles. The van der Waals surface area contributed by atoms with Crippen LogP contribution in [0.2, 0.25) is 0 Å². The molecule has 2 N–H and O–H groups in total. The second-order valence-electron chi connectivity index (χ2n) is 4.36. The highest BCUT2D eigenvalue weighted by molar-refractivity contribution is 7.89. The van der Waals surface area contributed by atoms with E-state index in [1.54, 1.807) is 7.11 Å². The molecule has 6 heteroatoms. The first kappa shape index (κ1) is 13.9. The molecule has 0 amide bonds. The fourth-order valence-corrected chi connectivity index (χ4v) is 3.22. The molecular formula is C10H22N2O3S. The van der Waals surface area contributed by atoms with Gasteiger partial charge in [0, 0.05) is 26.3 Å². The van der Waals surface area contributed by atoms with Crippen molar-refractivity contribution in [2.24, 2.45) is 5.92 Å². The highest BCUT2D eigenvalue weighted by Crippen LogP contribution is 2.12. The van der Waals surface area contributed by atoms with Gasteiger partial charge >= 0.3 is 0 Å². The number of piperidine rings is 1. The highest BCUT2D eigenvalue weighted by atomic mass is 32.2. The Kier molecular flexibility index (Phi) is 5.68. The van der Waals surface area contributed by atoms with Gasteiger partial charge in [0.05, 0.1) is 5.75 Å². The molecule has 1 heterocycles. The van der Waals surface area contributed by atoms with Crippen LogP contribution in [0.15, 0.2) is 0 Å². The van der Waals surface area contributed by atoms with Crippen LogP contribution in [-0.4, -0.2) is 47.0 Å². The quantitative estimate of drug-likeness (QED) is 0.648. The molecule has 0 saturated carbocycles. The Morgan fingerprint density at radius 3 is 2.88 bits per heavy atom. The summed E-state index contributed by atoms with van der Waals surface area (Å²) in [6.07, 6.45) is 1.56. The van der Waals surface area contributed by atoms with Crippen LogP contribution in [0.3, 0.4) is 0 Å². The van der Waals surface area contributed by atoms with Crippen molar-refractivity contribution in [3.8, 4) is 0 Å². The maximum Gasteiger partial charge on any atom is 0.211 e. The summed E-state index contributed by atoms with van der Waals surface area (Å²) >= 11 is 0. The lowest BCUT2D eigenvalue weighted by Gasteiger charge is -2.29. The third-order valence-corrected chi connectivity index (χ3v) is 4.41. The third kappa shape index (κ3) is 4.78. The van der Waals surface area contributed by atoms with E-state index in [1.165, 1.54) is 0 Å². The highest BCUT2D eigenvalue weighted by Gasteiger charge is 2.25. The van der Waals surface area contributed by atoms with E-state index in [4.69, 9.17) is 4.74 Å². The van der Waals surface area contributed by atoms with Crippen molar-refractivity contribution in [2.45, 2.75) is 25.8 Å². The average Bonchev–Trinajstić information content (AvgIpc) is 2.21. The Balaban J connectivity index is 2.38. The molecule has 2 unspecified atom stereocenters. The number of hydrogen-bond acceptors (Lipinski definition) is 4. The SMILES string of the molecule is COCCCS(=O)(=O)NC1CNCCC1C. The monoisotopic (exact) mass is 250 g/mol. The molecule has 96 valence electrons. The summed E-state index contributed by atoms with van der Waals surface area (Å²) in [5.41, 5.74) is 0. The summed E-state index contributed by atoms with van der Waals surface area (Å²) in [4.78, 5) is 0. The molecule has 1 aliphatic heterocycles. The first-order valence-corrected chi connectivity index (χ1v) is 7.40. The fourth-order valence-electron chi connectivity index (χ4n) is 1.83. The molecule has 0 aromatic rings. The average molecular weight is 250 g/mol. The summed E-state index contributed by atoms with van der Waals surface area (Å²) < 4.78 is 31.1. The zero-order chi connectivity index (χ0) is 12.0. The van der Waals surface area contributed by atoms with E-state index in [0.29, 0.717) is 18.9 Å². The van der Waals surface area contributed by atoms with Gasteiger partial charge in [-0.3, -0.25) is 0 Å². The largest absolute Gasteiger partial charge is 0.385 e. The van der Waals surface area contributed by atoms with Crippen LogP contribution in [0.4, 0.5) is 0 Å². The van der Waals surface area contributed by atoms with Crippen LogP contribution in [0, 0.1) is 5.92 Å². The van der Waals surface area contributed by atoms with Crippen LogP contribution in [0.1, 0.15) is 19.8 Å². The number of nitrogens with one attached hydrogen (secondary N) is 2. The van der Waals surface area contributed by atoms with Gasteiger partial charge in [0.25, 0.3) is 0 Å². The van der Waals surface area contributed by atoms with Crippen LogP contribution in [-0.2, 0) is 14.8 Å². The van der Waals surface area contributed by atoms with E-state index in [0.717, 1.165) is 19.5 Å². The van der Waals surface area contributed by atoms with Crippen molar-refractivity contribution in [3.63, 3.8) is 0 Å². The Bertz CT molecular complexity index is 292. The minimum Gasteiger partial charge on any atom is -0.385 e. The van der Waals surface area contributed by atoms with Crippen molar-refractivity contribution in [1.82, 2.24) is 10.0 Å². The van der Waals surface area contributed by atoms with E-state index >= 15 is 0 Å². The molecule has 1 rings (SSSR count). The van der Waals surface area contributed by atoms with Gasteiger partial charge in [-0.15, -0.1) is 0 Å². The van der Waals surface area contributed by atoms with E-state index in [9.17, 15) is 8.42 Å². The molecule has 0 radical (unpaired) electrons. The molecule has 0 aromatic carbocycles. The zero-order valence-electron chi connectivity index (χ0n) is 10.0. The normalized spacial score (nSPS) is 26.9. The van der Waals surface area contributed by atoms with Crippen molar-refractivity contribution < 1.29 is 13.2 Å².